The summed E-state index contributed by atoms with van der Waals surface area (Å²) in [6.07, 6.45) is 2.01. The smallest absolute Gasteiger partial charge is 0.127 e. The molecule has 0 atom stereocenters. The van der Waals surface area contributed by atoms with Gasteiger partial charge in [-0.15, -0.1) is 0 Å². The molecule has 0 saturated carbocycles. The molecule has 0 spiro atoms. The molecule has 1 aliphatic heterocycles. The minimum absolute atomic E-state index is 0.331. The van der Waals surface area contributed by atoms with Crippen LogP contribution in [0.3, 0.4) is 0 Å². The highest BCUT2D eigenvalue weighted by Gasteiger charge is 2.12. The van der Waals surface area contributed by atoms with Gasteiger partial charge in [-0.2, -0.15) is 0 Å². The number of rotatable bonds is 0. The Morgan fingerprint density at radius 1 is 1.31 bits per heavy atom. The van der Waals surface area contributed by atoms with Crippen LogP contribution in [0.25, 0.3) is 5.57 Å². The lowest BCUT2D eigenvalue weighted by molar-refractivity contribution is 0.355. The lowest BCUT2D eigenvalue weighted by atomic mass is 10.0. The molecular weight excluding hydrogens is 164 g/mol. The fourth-order valence-corrected chi connectivity index (χ4v) is 1.46. The highest BCUT2D eigenvalue weighted by molar-refractivity contribution is 5.72. The van der Waals surface area contributed by atoms with Gasteiger partial charge in [-0.1, -0.05) is 0 Å². The van der Waals surface area contributed by atoms with Crippen LogP contribution in [0.5, 0.6) is 11.5 Å². The Labute approximate surface area is 77.5 Å². The second-order valence-corrected chi connectivity index (χ2v) is 3.33. The van der Waals surface area contributed by atoms with Crippen molar-refractivity contribution in [3.63, 3.8) is 0 Å². The SMILES string of the molecule is CC1=CCOc2cc(C)c(O)cc21. The average molecular weight is 176 g/mol. The van der Waals surface area contributed by atoms with Crippen LogP contribution in [0.15, 0.2) is 18.2 Å². The molecule has 0 saturated heterocycles. The zero-order valence-electron chi connectivity index (χ0n) is 7.79. The number of hydrogen-bond donors (Lipinski definition) is 1. The zero-order chi connectivity index (χ0) is 9.42. The first kappa shape index (κ1) is 8.17. The third kappa shape index (κ3) is 1.28. The fraction of sp³-hybridized carbons (Fsp3) is 0.273. The van der Waals surface area contributed by atoms with Crippen molar-refractivity contribution in [2.75, 3.05) is 6.61 Å². The average Bonchev–Trinajstić information content (AvgIpc) is 2.09. The second-order valence-electron chi connectivity index (χ2n) is 3.33. The molecule has 1 N–H and O–H groups in total. The molecule has 0 fully saturated rings. The number of aryl methyl sites for hydroxylation is 1. The summed E-state index contributed by atoms with van der Waals surface area (Å²) in [5.41, 5.74) is 3.01. The minimum atomic E-state index is 0.331. The van der Waals surface area contributed by atoms with E-state index in [1.807, 2.05) is 26.0 Å². The number of benzene rings is 1. The summed E-state index contributed by atoms with van der Waals surface area (Å²) in [5.74, 6) is 1.20. The minimum Gasteiger partial charge on any atom is -0.508 e. The number of phenolic OH excluding ortho intramolecular Hbond substituents is 1. The largest absolute Gasteiger partial charge is 0.508 e. The fourth-order valence-electron chi connectivity index (χ4n) is 1.46. The standard InChI is InChI=1S/C11H12O2/c1-7-3-4-13-11-5-8(2)10(12)6-9(7)11/h3,5-6,12H,4H2,1-2H3. The summed E-state index contributed by atoms with van der Waals surface area (Å²) < 4.78 is 5.44. The Kier molecular flexibility index (Phi) is 1.76. The van der Waals surface area contributed by atoms with Gasteiger partial charge in [0.1, 0.15) is 18.1 Å². The van der Waals surface area contributed by atoms with Crippen LogP contribution in [0.1, 0.15) is 18.1 Å². The lowest BCUT2D eigenvalue weighted by Crippen LogP contribution is -2.03. The Bertz CT molecular complexity index is 378. The molecule has 1 aliphatic rings. The Hall–Kier alpha value is -1.44. The molecule has 2 nitrogen and oxygen atoms in total. The third-order valence-electron chi connectivity index (χ3n) is 2.35. The summed E-state index contributed by atoms with van der Waals surface area (Å²) in [5, 5.41) is 9.51. The van der Waals surface area contributed by atoms with E-state index in [2.05, 4.69) is 0 Å². The van der Waals surface area contributed by atoms with Gasteiger partial charge in [-0.05, 0) is 43.2 Å². The van der Waals surface area contributed by atoms with Crippen LogP contribution in [0.4, 0.5) is 0 Å². The van der Waals surface area contributed by atoms with Crippen LogP contribution < -0.4 is 4.74 Å². The maximum Gasteiger partial charge on any atom is 0.127 e. The van der Waals surface area contributed by atoms with E-state index in [1.54, 1.807) is 6.07 Å². The van der Waals surface area contributed by atoms with Gasteiger partial charge in [0.05, 0.1) is 0 Å². The first-order valence-corrected chi connectivity index (χ1v) is 4.32. The van der Waals surface area contributed by atoms with Crippen LogP contribution in [-0.2, 0) is 0 Å². The number of fused-ring (bicyclic) bond motifs is 1. The van der Waals surface area contributed by atoms with Crippen molar-refractivity contribution in [1.82, 2.24) is 0 Å². The van der Waals surface area contributed by atoms with E-state index < -0.39 is 0 Å². The van der Waals surface area contributed by atoms with Crippen LogP contribution >= 0.6 is 0 Å². The van der Waals surface area contributed by atoms with Crippen molar-refractivity contribution in [3.8, 4) is 11.5 Å². The maximum absolute atomic E-state index is 9.51. The number of allylic oxidation sites excluding steroid dienone is 1. The first-order valence-electron chi connectivity index (χ1n) is 4.32. The van der Waals surface area contributed by atoms with E-state index in [9.17, 15) is 5.11 Å². The van der Waals surface area contributed by atoms with Crippen molar-refractivity contribution >= 4 is 5.57 Å². The highest BCUT2D eigenvalue weighted by Crippen LogP contribution is 2.34. The van der Waals surface area contributed by atoms with Gasteiger partial charge < -0.3 is 9.84 Å². The normalized spacial score (nSPS) is 14.5. The molecule has 1 heterocycles. The number of aromatic hydroxyl groups is 1. The van der Waals surface area contributed by atoms with Gasteiger partial charge in [-0.25, -0.2) is 0 Å². The Morgan fingerprint density at radius 2 is 2.08 bits per heavy atom. The van der Waals surface area contributed by atoms with Crippen LogP contribution in [-0.4, -0.2) is 11.7 Å². The number of phenols is 1. The summed E-state index contributed by atoms with van der Waals surface area (Å²) in [6.45, 7) is 4.52. The predicted octanol–water partition coefficient (Wildman–Crippen LogP) is 2.50. The summed E-state index contributed by atoms with van der Waals surface area (Å²) in [6, 6.07) is 3.64. The number of hydrogen-bond acceptors (Lipinski definition) is 2. The monoisotopic (exact) mass is 176 g/mol. The predicted molar refractivity (Wildman–Crippen MR) is 52.0 cm³/mol. The molecule has 0 amide bonds. The molecule has 1 aromatic rings. The van der Waals surface area contributed by atoms with Gasteiger partial charge in [0.25, 0.3) is 0 Å². The molecule has 0 unspecified atom stereocenters. The highest BCUT2D eigenvalue weighted by atomic mass is 16.5. The topological polar surface area (TPSA) is 29.5 Å². The summed E-state index contributed by atoms with van der Waals surface area (Å²) in [7, 11) is 0. The molecule has 68 valence electrons. The van der Waals surface area contributed by atoms with Crippen LogP contribution in [0, 0.1) is 6.92 Å². The molecule has 0 aromatic heterocycles. The van der Waals surface area contributed by atoms with E-state index in [1.165, 1.54) is 0 Å². The quantitative estimate of drug-likeness (QED) is 0.658. The molecule has 0 aliphatic carbocycles. The molecule has 2 heteroatoms. The van der Waals surface area contributed by atoms with Gasteiger partial charge in [0.2, 0.25) is 0 Å². The van der Waals surface area contributed by atoms with E-state index in [0.29, 0.717) is 12.4 Å². The zero-order valence-corrected chi connectivity index (χ0v) is 7.79. The molecule has 0 radical (unpaired) electrons. The van der Waals surface area contributed by atoms with Crippen molar-refractivity contribution in [3.05, 3.63) is 29.3 Å². The Morgan fingerprint density at radius 3 is 2.85 bits per heavy atom. The summed E-state index contributed by atoms with van der Waals surface area (Å²) in [4.78, 5) is 0. The van der Waals surface area contributed by atoms with E-state index in [0.717, 1.165) is 22.4 Å². The van der Waals surface area contributed by atoms with Gasteiger partial charge in [0, 0.05) is 5.56 Å². The van der Waals surface area contributed by atoms with Gasteiger partial charge in [-0.3, -0.25) is 0 Å². The molecular formula is C11H12O2. The van der Waals surface area contributed by atoms with E-state index in [4.69, 9.17) is 4.74 Å². The Balaban J connectivity index is 2.61. The molecule has 2 rings (SSSR count). The van der Waals surface area contributed by atoms with Crippen LogP contribution in [0.2, 0.25) is 0 Å². The van der Waals surface area contributed by atoms with Crippen molar-refractivity contribution < 1.29 is 9.84 Å². The van der Waals surface area contributed by atoms with Crippen molar-refractivity contribution in [1.29, 1.82) is 0 Å². The number of ether oxygens (including phenoxy) is 1. The second kappa shape index (κ2) is 2.80. The van der Waals surface area contributed by atoms with Crippen molar-refractivity contribution in [2.45, 2.75) is 13.8 Å². The summed E-state index contributed by atoms with van der Waals surface area (Å²) >= 11 is 0. The third-order valence-corrected chi connectivity index (χ3v) is 2.35. The van der Waals surface area contributed by atoms with Crippen molar-refractivity contribution in [2.24, 2.45) is 0 Å². The maximum atomic E-state index is 9.51. The molecule has 1 aromatic carbocycles. The lowest BCUT2D eigenvalue weighted by Gasteiger charge is -2.17. The van der Waals surface area contributed by atoms with Gasteiger partial charge >= 0.3 is 0 Å². The van der Waals surface area contributed by atoms with E-state index in [-0.39, 0.29) is 0 Å². The molecule has 0 bridgehead atoms. The van der Waals surface area contributed by atoms with E-state index >= 15 is 0 Å². The first-order chi connectivity index (χ1) is 6.18. The van der Waals surface area contributed by atoms with Gasteiger partial charge in [0.15, 0.2) is 0 Å². The molecule has 13 heavy (non-hydrogen) atoms.